The van der Waals surface area contributed by atoms with Crippen molar-refractivity contribution in [1.82, 2.24) is 9.97 Å². The molecule has 3 aromatic rings. The smallest absolute Gasteiger partial charge is 0.142 e. The van der Waals surface area contributed by atoms with Crippen LogP contribution in [0.1, 0.15) is 12.5 Å². The predicted octanol–water partition coefficient (Wildman–Crippen LogP) is 4.42. The van der Waals surface area contributed by atoms with Crippen molar-refractivity contribution in [3.8, 4) is 17.1 Å². The van der Waals surface area contributed by atoms with Gasteiger partial charge in [-0.15, -0.1) is 0 Å². The molecule has 4 nitrogen and oxygen atoms in total. The van der Waals surface area contributed by atoms with Gasteiger partial charge in [0.25, 0.3) is 0 Å². The van der Waals surface area contributed by atoms with Crippen LogP contribution in [0.15, 0.2) is 30.3 Å². The Bertz CT molecular complexity index is 868. The van der Waals surface area contributed by atoms with Crippen molar-refractivity contribution in [3.05, 3.63) is 46.7 Å². The fourth-order valence-electron chi connectivity index (χ4n) is 2.34. The summed E-state index contributed by atoms with van der Waals surface area (Å²) in [6.45, 7) is 1.68. The average Bonchev–Trinajstić information content (AvgIpc) is 2.87. The van der Waals surface area contributed by atoms with Gasteiger partial charge in [0.15, 0.2) is 0 Å². The molecule has 0 saturated carbocycles. The maximum Gasteiger partial charge on any atom is 0.142 e. The van der Waals surface area contributed by atoms with E-state index in [-0.39, 0.29) is 10.6 Å². The lowest BCUT2D eigenvalue weighted by Gasteiger charge is -2.06. The van der Waals surface area contributed by atoms with E-state index in [0.717, 1.165) is 0 Å². The summed E-state index contributed by atoms with van der Waals surface area (Å²) in [6.07, 6.45) is 0. The summed E-state index contributed by atoms with van der Waals surface area (Å²) in [5.74, 6) is 0.458. The standard InChI is InChI=1S/C16H13ClFN3O/c1-8(19)9-6-12-13(7-14(9)22-2)21-16(20-12)15-10(17)4-3-5-11(15)18/h3-7,19H,1-2H3,(H,20,21). The van der Waals surface area contributed by atoms with E-state index in [9.17, 15) is 4.39 Å². The molecule has 0 fully saturated rings. The number of aromatic amines is 1. The summed E-state index contributed by atoms with van der Waals surface area (Å²) >= 11 is 6.07. The van der Waals surface area contributed by atoms with Gasteiger partial charge in [-0.05, 0) is 25.1 Å². The van der Waals surface area contributed by atoms with E-state index in [1.807, 2.05) is 0 Å². The molecular formula is C16H13ClFN3O. The van der Waals surface area contributed by atoms with Gasteiger partial charge in [0, 0.05) is 17.3 Å². The molecule has 6 heteroatoms. The van der Waals surface area contributed by atoms with Crippen LogP contribution < -0.4 is 4.74 Å². The van der Waals surface area contributed by atoms with Crippen LogP contribution in [0, 0.1) is 11.2 Å². The number of hydrogen-bond donors (Lipinski definition) is 2. The van der Waals surface area contributed by atoms with Crippen LogP contribution in [0.2, 0.25) is 5.02 Å². The van der Waals surface area contributed by atoms with Crippen molar-refractivity contribution in [3.63, 3.8) is 0 Å². The van der Waals surface area contributed by atoms with Crippen molar-refractivity contribution in [2.24, 2.45) is 0 Å². The Morgan fingerprint density at radius 1 is 1.36 bits per heavy atom. The van der Waals surface area contributed by atoms with Gasteiger partial charge < -0.3 is 15.1 Å². The number of benzene rings is 2. The molecule has 0 aliphatic carbocycles. The van der Waals surface area contributed by atoms with Gasteiger partial charge in [-0.2, -0.15) is 0 Å². The highest BCUT2D eigenvalue weighted by Gasteiger charge is 2.16. The Hall–Kier alpha value is -2.40. The number of ether oxygens (including phenoxy) is 1. The Labute approximate surface area is 131 Å². The van der Waals surface area contributed by atoms with E-state index in [0.29, 0.717) is 33.9 Å². The monoisotopic (exact) mass is 317 g/mol. The van der Waals surface area contributed by atoms with Gasteiger partial charge in [-0.3, -0.25) is 0 Å². The largest absolute Gasteiger partial charge is 0.496 e. The molecule has 112 valence electrons. The summed E-state index contributed by atoms with van der Waals surface area (Å²) in [6, 6.07) is 7.98. The Morgan fingerprint density at radius 2 is 2.14 bits per heavy atom. The number of halogens is 2. The van der Waals surface area contributed by atoms with Crippen LogP contribution in [-0.2, 0) is 0 Å². The van der Waals surface area contributed by atoms with Gasteiger partial charge in [0.2, 0.25) is 0 Å². The summed E-state index contributed by atoms with van der Waals surface area (Å²) in [4.78, 5) is 7.44. The SMILES string of the molecule is COc1cc2nc(-c3c(F)cccc3Cl)[nH]c2cc1C(C)=N. The zero-order valence-corrected chi connectivity index (χ0v) is 12.8. The molecule has 2 N–H and O–H groups in total. The highest BCUT2D eigenvalue weighted by Crippen LogP contribution is 2.32. The summed E-state index contributed by atoms with van der Waals surface area (Å²) < 4.78 is 19.3. The van der Waals surface area contributed by atoms with Gasteiger partial charge >= 0.3 is 0 Å². The molecule has 1 heterocycles. The minimum absolute atomic E-state index is 0.229. The molecule has 0 unspecified atom stereocenters. The van der Waals surface area contributed by atoms with Crippen molar-refractivity contribution in [1.29, 1.82) is 5.41 Å². The molecule has 0 aliphatic rings. The zero-order valence-electron chi connectivity index (χ0n) is 12.0. The molecule has 0 bridgehead atoms. The second-order valence-corrected chi connectivity index (χ2v) is 5.28. The zero-order chi connectivity index (χ0) is 15.9. The predicted molar refractivity (Wildman–Crippen MR) is 85.6 cm³/mol. The molecular weight excluding hydrogens is 305 g/mol. The lowest BCUT2D eigenvalue weighted by Crippen LogP contribution is -1.97. The van der Waals surface area contributed by atoms with E-state index in [4.69, 9.17) is 21.7 Å². The highest BCUT2D eigenvalue weighted by atomic mass is 35.5. The molecule has 0 aliphatic heterocycles. The van der Waals surface area contributed by atoms with Crippen LogP contribution in [0.4, 0.5) is 4.39 Å². The summed E-state index contributed by atoms with van der Waals surface area (Å²) in [7, 11) is 1.54. The number of H-pyrrole nitrogens is 1. The van der Waals surface area contributed by atoms with Crippen molar-refractivity contribution in [2.45, 2.75) is 6.92 Å². The highest BCUT2D eigenvalue weighted by molar-refractivity contribution is 6.33. The first-order valence-corrected chi connectivity index (χ1v) is 6.96. The van der Waals surface area contributed by atoms with Crippen LogP contribution >= 0.6 is 11.6 Å². The molecule has 0 amide bonds. The molecule has 0 spiro atoms. The van der Waals surface area contributed by atoms with E-state index in [2.05, 4.69) is 9.97 Å². The van der Waals surface area contributed by atoms with E-state index < -0.39 is 5.82 Å². The van der Waals surface area contributed by atoms with Crippen LogP contribution in [0.5, 0.6) is 5.75 Å². The fourth-order valence-corrected chi connectivity index (χ4v) is 2.59. The normalized spacial score (nSPS) is 10.9. The molecule has 22 heavy (non-hydrogen) atoms. The van der Waals surface area contributed by atoms with Crippen molar-refractivity contribution in [2.75, 3.05) is 7.11 Å². The molecule has 0 atom stereocenters. The van der Waals surface area contributed by atoms with Crippen molar-refractivity contribution >= 4 is 28.3 Å². The average molecular weight is 318 g/mol. The van der Waals surface area contributed by atoms with Gasteiger partial charge in [-0.1, -0.05) is 17.7 Å². The van der Waals surface area contributed by atoms with Gasteiger partial charge in [0.1, 0.15) is 17.4 Å². The Morgan fingerprint density at radius 3 is 2.77 bits per heavy atom. The van der Waals surface area contributed by atoms with E-state index in [1.165, 1.54) is 13.2 Å². The molecule has 0 radical (unpaired) electrons. The number of nitrogens with zero attached hydrogens (tertiary/aromatic N) is 1. The number of methoxy groups -OCH3 is 1. The van der Waals surface area contributed by atoms with Gasteiger partial charge in [0.05, 0.1) is 28.7 Å². The molecule has 1 aromatic heterocycles. The lowest BCUT2D eigenvalue weighted by molar-refractivity contribution is 0.414. The third-order valence-electron chi connectivity index (χ3n) is 3.41. The number of rotatable bonds is 3. The minimum Gasteiger partial charge on any atom is -0.496 e. The fraction of sp³-hybridized carbons (Fsp3) is 0.125. The maximum absolute atomic E-state index is 14.0. The van der Waals surface area contributed by atoms with Crippen LogP contribution in [0.3, 0.4) is 0 Å². The van der Waals surface area contributed by atoms with Gasteiger partial charge in [-0.25, -0.2) is 9.37 Å². The number of imidazole rings is 1. The summed E-state index contributed by atoms with van der Waals surface area (Å²) in [5, 5.41) is 8.09. The molecule has 2 aromatic carbocycles. The van der Waals surface area contributed by atoms with Crippen molar-refractivity contribution < 1.29 is 9.13 Å². The third-order valence-corrected chi connectivity index (χ3v) is 3.72. The quantitative estimate of drug-likeness (QED) is 0.702. The first-order chi connectivity index (χ1) is 10.5. The summed E-state index contributed by atoms with van der Waals surface area (Å²) in [5.41, 5.74) is 2.57. The number of fused-ring (bicyclic) bond motifs is 1. The Kier molecular flexibility index (Phi) is 3.58. The van der Waals surface area contributed by atoms with E-state index in [1.54, 1.807) is 31.2 Å². The minimum atomic E-state index is -0.443. The Balaban J connectivity index is 2.24. The number of nitrogens with one attached hydrogen (secondary N) is 2. The number of hydrogen-bond acceptors (Lipinski definition) is 3. The van der Waals surface area contributed by atoms with Crippen LogP contribution in [-0.4, -0.2) is 22.8 Å². The van der Waals surface area contributed by atoms with Crippen LogP contribution in [0.25, 0.3) is 22.4 Å². The first-order valence-electron chi connectivity index (χ1n) is 6.59. The first kappa shape index (κ1) is 14.5. The maximum atomic E-state index is 14.0. The topological polar surface area (TPSA) is 61.8 Å². The second-order valence-electron chi connectivity index (χ2n) is 4.88. The van der Waals surface area contributed by atoms with E-state index >= 15 is 0 Å². The number of aromatic nitrogens is 2. The molecule has 3 rings (SSSR count). The second kappa shape index (κ2) is 5.42. The molecule has 0 saturated heterocycles. The lowest BCUT2D eigenvalue weighted by atomic mass is 10.1. The third kappa shape index (κ3) is 2.33.